The SMILES string of the molecule is CC(C)CCCCCCCCCCCCCCCCCCCCCCCCCCCCCO. The number of rotatable bonds is 29. The normalized spacial score (nSPS) is 11.6. The fourth-order valence-corrected chi connectivity index (χ4v) is 5.08. The van der Waals surface area contributed by atoms with Crippen molar-refractivity contribution in [2.45, 2.75) is 194 Å². The first kappa shape index (κ1) is 33.0. The summed E-state index contributed by atoms with van der Waals surface area (Å²) >= 11 is 0. The zero-order chi connectivity index (χ0) is 24.1. The predicted molar refractivity (Wildman–Crippen MR) is 151 cm³/mol. The Bertz CT molecular complexity index is 324. The summed E-state index contributed by atoms with van der Waals surface area (Å²) in [5.41, 5.74) is 0. The molecule has 0 heterocycles. The van der Waals surface area contributed by atoms with Crippen molar-refractivity contribution in [1.82, 2.24) is 0 Å². The van der Waals surface area contributed by atoms with Crippen LogP contribution in [0.25, 0.3) is 0 Å². The number of hydrogen-bond donors (Lipinski definition) is 1. The molecule has 0 unspecified atom stereocenters. The van der Waals surface area contributed by atoms with Crippen LogP contribution in [0.15, 0.2) is 0 Å². The number of aliphatic hydroxyl groups excluding tert-OH is 1. The van der Waals surface area contributed by atoms with Crippen LogP contribution in [0, 0.1) is 5.92 Å². The van der Waals surface area contributed by atoms with Crippen molar-refractivity contribution in [3.05, 3.63) is 0 Å². The Hall–Kier alpha value is -0.0400. The fraction of sp³-hybridized carbons (Fsp3) is 1.00. The Morgan fingerprint density at radius 3 is 0.667 bits per heavy atom. The van der Waals surface area contributed by atoms with Gasteiger partial charge in [-0.25, -0.2) is 0 Å². The van der Waals surface area contributed by atoms with Gasteiger partial charge < -0.3 is 5.11 Å². The van der Waals surface area contributed by atoms with Crippen LogP contribution in [0.1, 0.15) is 194 Å². The lowest BCUT2D eigenvalue weighted by Crippen LogP contribution is -1.87. The molecular formula is C32H66O. The van der Waals surface area contributed by atoms with Crippen LogP contribution in [0.3, 0.4) is 0 Å². The van der Waals surface area contributed by atoms with Crippen molar-refractivity contribution < 1.29 is 5.11 Å². The first-order valence-corrected chi connectivity index (χ1v) is 15.9. The number of unbranched alkanes of at least 4 members (excludes halogenated alkanes) is 26. The van der Waals surface area contributed by atoms with Gasteiger partial charge in [0, 0.05) is 6.61 Å². The van der Waals surface area contributed by atoms with Crippen LogP contribution in [-0.2, 0) is 0 Å². The highest BCUT2D eigenvalue weighted by atomic mass is 16.2. The minimum Gasteiger partial charge on any atom is -0.396 e. The van der Waals surface area contributed by atoms with E-state index < -0.39 is 0 Å². The second kappa shape index (κ2) is 30.0. The van der Waals surface area contributed by atoms with Gasteiger partial charge in [-0.05, 0) is 12.3 Å². The van der Waals surface area contributed by atoms with E-state index in [9.17, 15) is 0 Å². The molecule has 1 N–H and O–H groups in total. The Morgan fingerprint density at radius 2 is 0.485 bits per heavy atom. The van der Waals surface area contributed by atoms with Crippen molar-refractivity contribution in [3.8, 4) is 0 Å². The van der Waals surface area contributed by atoms with Crippen molar-refractivity contribution in [1.29, 1.82) is 0 Å². The highest BCUT2D eigenvalue weighted by Gasteiger charge is 1.97. The summed E-state index contributed by atoms with van der Waals surface area (Å²) in [5, 5.41) is 8.77. The lowest BCUT2D eigenvalue weighted by Gasteiger charge is -2.05. The van der Waals surface area contributed by atoms with Crippen LogP contribution in [0.5, 0.6) is 0 Å². The van der Waals surface area contributed by atoms with Gasteiger partial charge in [0.15, 0.2) is 0 Å². The number of aliphatic hydroxyl groups is 1. The minimum atomic E-state index is 0.374. The molecular weight excluding hydrogens is 400 g/mol. The standard InChI is InChI=1S/C32H66O/c1-32(2)30-28-26-24-22-20-18-16-14-12-10-8-6-4-3-5-7-9-11-13-15-17-19-21-23-25-27-29-31-33/h32-33H,3-31H2,1-2H3. The third-order valence-electron chi connectivity index (χ3n) is 7.44. The highest BCUT2D eigenvalue weighted by molar-refractivity contribution is 4.52. The zero-order valence-corrected chi connectivity index (χ0v) is 23.5. The van der Waals surface area contributed by atoms with Crippen molar-refractivity contribution in [2.24, 2.45) is 5.92 Å². The van der Waals surface area contributed by atoms with Crippen LogP contribution >= 0.6 is 0 Å². The first-order valence-electron chi connectivity index (χ1n) is 15.9. The van der Waals surface area contributed by atoms with Gasteiger partial charge >= 0.3 is 0 Å². The van der Waals surface area contributed by atoms with E-state index in [0.29, 0.717) is 6.61 Å². The van der Waals surface area contributed by atoms with Gasteiger partial charge in [0.05, 0.1) is 0 Å². The Kier molecular flexibility index (Phi) is 30.0. The van der Waals surface area contributed by atoms with Gasteiger partial charge in [0.25, 0.3) is 0 Å². The largest absolute Gasteiger partial charge is 0.396 e. The lowest BCUT2D eigenvalue weighted by atomic mass is 10.0. The smallest absolute Gasteiger partial charge is 0.0431 e. The van der Waals surface area contributed by atoms with E-state index in [-0.39, 0.29) is 0 Å². The molecule has 0 rings (SSSR count). The topological polar surface area (TPSA) is 20.2 Å². The van der Waals surface area contributed by atoms with Crippen LogP contribution in [0.4, 0.5) is 0 Å². The molecule has 1 heteroatoms. The van der Waals surface area contributed by atoms with Gasteiger partial charge in [-0.1, -0.05) is 187 Å². The van der Waals surface area contributed by atoms with Crippen LogP contribution < -0.4 is 0 Å². The molecule has 0 saturated carbocycles. The van der Waals surface area contributed by atoms with Crippen molar-refractivity contribution in [3.63, 3.8) is 0 Å². The first-order chi connectivity index (χ1) is 16.3. The summed E-state index contributed by atoms with van der Waals surface area (Å²) in [7, 11) is 0. The molecule has 1 nitrogen and oxygen atoms in total. The molecule has 33 heavy (non-hydrogen) atoms. The van der Waals surface area contributed by atoms with E-state index in [4.69, 9.17) is 5.11 Å². The second-order valence-corrected chi connectivity index (χ2v) is 11.5. The van der Waals surface area contributed by atoms with Gasteiger partial charge in [0.1, 0.15) is 0 Å². The quantitative estimate of drug-likeness (QED) is 0.109. The summed E-state index contributed by atoms with van der Waals surface area (Å²) in [5.74, 6) is 0.893. The average Bonchev–Trinajstić information content (AvgIpc) is 2.80. The molecule has 0 amide bonds. The highest BCUT2D eigenvalue weighted by Crippen LogP contribution is 2.16. The van der Waals surface area contributed by atoms with E-state index in [1.807, 2.05) is 0 Å². The van der Waals surface area contributed by atoms with E-state index in [1.54, 1.807) is 0 Å². The molecule has 0 aromatic carbocycles. The molecule has 0 atom stereocenters. The maximum atomic E-state index is 8.77. The van der Waals surface area contributed by atoms with E-state index in [2.05, 4.69) is 13.8 Å². The van der Waals surface area contributed by atoms with Gasteiger partial charge in [0.2, 0.25) is 0 Å². The molecule has 0 spiro atoms. The summed E-state index contributed by atoms with van der Waals surface area (Å²) in [4.78, 5) is 0. The van der Waals surface area contributed by atoms with E-state index in [0.717, 1.165) is 12.3 Å². The molecule has 0 aliphatic heterocycles. The summed E-state index contributed by atoms with van der Waals surface area (Å²) in [6.07, 6.45) is 40.1. The van der Waals surface area contributed by atoms with Gasteiger partial charge in [-0.3, -0.25) is 0 Å². The van der Waals surface area contributed by atoms with Crippen LogP contribution in [-0.4, -0.2) is 11.7 Å². The molecule has 0 radical (unpaired) electrons. The summed E-state index contributed by atoms with van der Waals surface area (Å²) in [6.45, 7) is 5.06. The maximum absolute atomic E-state index is 8.77. The third-order valence-corrected chi connectivity index (χ3v) is 7.44. The Labute approximate surface area is 211 Å². The minimum absolute atomic E-state index is 0.374. The van der Waals surface area contributed by atoms with E-state index in [1.165, 1.54) is 173 Å². The molecule has 0 aromatic heterocycles. The third kappa shape index (κ3) is 32.0. The summed E-state index contributed by atoms with van der Waals surface area (Å²) in [6, 6.07) is 0. The van der Waals surface area contributed by atoms with E-state index >= 15 is 0 Å². The fourth-order valence-electron chi connectivity index (χ4n) is 5.08. The molecule has 0 aliphatic carbocycles. The molecule has 0 aliphatic rings. The molecule has 0 saturated heterocycles. The summed E-state index contributed by atoms with van der Waals surface area (Å²) < 4.78 is 0. The lowest BCUT2D eigenvalue weighted by molar-refractivity contribution is 0.282. The predicted octanol–water partition coefficient (Wildman–Crippen LogP) is 11.6. The molecule has 0 aromatic rings. The van der Waals surface area contributed by atoms with Gasteiger partial charge in [-0.15, -0.1) is 0 Å². The van der Waals surface area contributed by atoms with Gasteiger partial charge in [-0.2, -0.15) is 0 Å². The van der Waals surface area contributed by atoms with Crippen molar-refractivity contribution in [2.75, 3.05) is 6.61 Å². The molecule has 0 fully saturated rings. The molecule has 200 valence electrons. The second-order valence-electron chi connectivity index (χ2n) is 11.5. The Morgan fingerprint density at radius 1 is 0.303 bits per heavy atom. The monoisotopic (exact) mass is 467 g/mol. The number of hydrogen-bond acceptors (Lipinski definition) is 1. The zero-order valence-electron chi connectivity index (χ0n) is 23.5. The average molecular weight is 467 g/mol. The Balaban J connectivity index is 3.00. The maximum Gasteiger partial charge on any atom is 0.0431 e. The molecule has 0 bridgehead atoms. The van der Waals surface area contributed by atoms with Crippen LogP contribution in [0.2, 0.25) is 0 Å². The van der Waals surface area contributed by atoms with Crippen molar-refractivity contribution >= 4 is 0 Å².